The zero-order chi connectivity index (χ0) is 41.4. The lowest BCUT2D eigenvalue weighted by Crippen LogP contribution is -2.58. The molecular formula is C39H51ClF3N5O7S. The Bertz CT molecular complexity index is 1930. The molecule has 0 aromatic heterocycles. The molecule has 5 aliphatic rings. The molecule has 56 heavy (non-hydrogen) atoms. The molecule has 0 radical (unpaired) electrons. The van der Waals surface area contributed by atoms with E-state index in [9.17, 15) is 36.0 Å². The van der Waals surface area contributed by atoms with Crippen LogP contribution in [0.1, 0.15) is 88.0 Å². The van der Waals surface area contributed by atoms with E-state index in [4.69, 9.17) is 21.5 Å². The van der Waals surface area contributed by atoms with Crippen LogP contribution in [0.5, 0.6) is 0 Å². The number of carboxylic acid groups (broad SMARTS) is 1. The summed E-state index contributed by atoms with van der Waals surface area (Å²) in [5.41, 5.74) is 0.0319. The molecule has 17 heteroatoms. The van der Waals surface area contributed by atoms with Crippen LogP contribution < -0.4 is 15.4 Å². The molecular weight excluding hydrogens is 775 g/mol. The van der Waals surface area contributed by atoms with E-state index in [-0.39, 0.29) is 36.1 Å². The van der Waals surface area contributed by atoms with Gasteiger partial charge in [0.05, 0.1) is 10.8 Å². The number of likely N-dealkylation sites (tertiary alicyclic amines) is 1. The molecule has 4 N–H and O–H groups in total. The van der Waals surface area contributed by atoms with Crippen molar-refractivity contribution < 1.29 is 45.9 Å². The van der Waals surface area contributed by atoms with Gasteiger partial charge < -0.3 is 20.6 Å². The molecule has 0 spiro atoms. The van der Waals surface area contributed by atoms with Gasteiger partial charge in [0.25, 0.3) is 12.4 Å². The van der Waals surface area contributed by atoms with E-state index in [1.807, 2.05) is 12.1 Å². The largest absolute Gasteiger partial charge is 0.483 e. The van der Waals surface area contributed by atoms with Crippen molar-refractivity contribution in [1.29, 1.82) is 0 Å². The molecule has 2 aromatic carbocycles. The second kappa shape index (κ2) is 16.5. The van der Waals surface area contributed by atoms with Crippen LogP contribution in [0.15, 0.2) is 36.4 Å². The highest BCUT2D eigenvalue weighted by Crippen LogP contribution is 2.57. The minimum atomic E-state index is -4.55. The molecule has 0 bridgehead atoms. The number of sulfonamides is 1. The molecule has 2 aliphatic heterocycles. The number of carbonyl (C=O) groups excluding carboxylic acids is 3. The van der Waals surface area contributed by atoms with Crippen LogP contribution >= 0.6 is 11.6 Å². The second-order valence-corrected chi connectivity index (χ2v) is 19.0. The first-order valence-corrected chi connectivity index (χ1v) is 20.7. The number of carbonyl (C=O) groups is 4. The Kier molecular flexibility index (Phi) is 12.8. The zero-order valence-corrected chi connectivity index (χ0v) is 33.8. The lowest BCUT2D eigenvalue weighted by atomic mass is 9.85. The summed E-state index contributed by atoms with van der Waals surface area (Å²) >= 11 is 6.01. The van der Waals surface area contributed by atoms with Gasteiger partial charge in [0, 0.05) is 30.3 Å². The van der Waals surface area contributed by atoms with Crippen LogP contribution in [0, 0.1) is 24.2 Å². The number of aryl methyl sites for hydroxylation is 1. The zero-order valence-electron chi connectivity index (χ0n) is 32.2. The van der Waals surface area contributed by atoms with Crippen LogP contribution in [-0.4, -0.2) is 84.0 Å². The first kappa shape index (κ1) is 43.2. The number of halogens is 4. The van der Waals surface area contributed by atoms with Crippen molar-refractivity contribution in [3.8, 4) is 0 Å². The van der Waals surface area contributed by atoms with Crippen molar-refractivity contribution in [2.24, 2.45) is 17.3 Å². The SMILES string of the molecule is CN1Cc2cccc(Cl)c2C1.Cc1ccc(NC(C(=O)N2CCCC2C(=O)NC2(C(=O)NS(=O)(=O)C3CC3)CC2C2CC2)C(C)(C)C)cc1C(F)(F)F.O=CO. The lowest BCUT2D eigenvalue weighted by molar-refractivity contribution is -0.141. The third kappa shape index (κ3) is 9.97. The Morgan fingerprint density at radius 3 is 2.27 bits per heavy atom. The summed E-state index contributed by atoms with van der Waals surface area (Å²) in [6, 6.07) is 8.10. The number of nitrogens with zero attached hydrogens (tertiary/aromatic N) is 2. The Labute approximate surface area is 330 Å². The van der Waals surface area contributed by atoms with E-state index in [1.165, 1.54) is 35.1 Å². The fraction of sp³-hybridized carbons (Fsp3) is 0.590. The average molecular weight is 826 g/mol. The maximum Gasteiger partial charge on any atom is 0.416 e. The molecule has 3 amide bonds. The van der Waals surface area contributed by atoms with Gasteiger partial charge in [-0.3, -0.25) is 28.8 Å². The minimum Gasteiger partial charge on any atom is -0.483 e. The molecule has 4 atom stereocenters. The highest BCUT2D eigenvalue weighted by atomic mass is 35.5. The molecule has 4 fully saturated rings. The van der Waals surface area contributed by atoms with Crippen LogP contribution in [0.25, 0.3) is 0 Å². The lowest BCUT2D eigenvalue weighted by Gasteiger charge is -2.36. The van der Waals surface area contributed by atoms with Crippen molar-refractivity contribution in [3.05, 3.63) is 63.7 Å². The Balaban J connectivity index is 0.000000359. The standard InChI is InChI=1S/C29H39F3N4O5S.C9H10ClN.CH2O2/c1-16-7-10-18(14-20(16)29(30,31)32)33-23(27(2,3)4)25(38)36-13-5-6-22(36)24(37)34-28(15-21(28)17-8-9-17)26(39)35-42(40,41)19-11-12-19;1-11-5-7-3-2-4-9(10)8(7)6-11;2-1-3/h7,10,14,17,19,21-23,33H,5-6,8-9,11-13,15H2,1-4H3,(H,34,37)(H,35,39);2-4H,5-6H2,1H3;1H,(H,2,3). The predicted molar refractivity (Wildman–Crippen MR) is 205 cm³/mol. The molecule has 2 aromatic rings. The number of hydrogen-bond acceptors (Lipinski definition) is 8. The maximum absolute atomic E-state index is 13.9. The molecule has 1 saturated heterocycles. The van der Waals surface area contributed by atoms with E-state index < -0.39 is 67.8 Å². The number of nitrogens with one attached hydrogen (secondary N) is 3. The summed E-state index contributed by atoms with van der Waals surface area (Å²) in [4.78, 5) is 52.9. The van der Waals surface area contributed by atoms with Gasteiger partial charge in [-0.25, -0.2) is 8.42 Å². The van der Waals surface area contributed by atoms with Gasteiger partial charge in [0.2, 0.25) is 21.8 Å². The Morgan fingerprint density at radius 2 is 1.70 bits per heavy atom. The van der Waals surface area contributed by atoms with Gasteiger partial charge in [-0.1, -0.05) is 50.6 Å². The van der Waals surface area contributed by atoms with Gasteiger partial charge >= 0.3 is 6.18 Å². The molecule has 3 saturated carbocycles. The van der Waals surface area contributed by atoms with Gasteiger partial charge in [0.15, 0.2) is 0 Å². The molecule has 12 nitrogen and oxygen atoms in total. The number of anilines is 1. The number of benzene rings is 2. The topological polar surface area (TPSA) is 165 Å². The van der Waals surface area contributed by atoms with E-state index in [1.54, 1.807) is 20.8 Å². The summed E-state index contributed by atoms with van der Waals surface area (Å²) in [6.07, 6.45) is -0.514. The van der Waals surface area contributed by atoms with Gasteiger partial charge in [0.1, 0.15) is 17.6 Å². The minimum absolute atomic E-state index is 0.0652. The monoisotopic (exact) mass is 825 g/mol. The van der Waals surface area contributed by atoms with E-state index in [0.29, 0.717) is 32.1 Å². The third-order valence-corrected chi connectivity index (χ3v) is 13.2. The fourth-order valence-electron chi connectivity index (χ4n) is 7.65. The molecule has 4 unspecified atom stereocenters. The van der Waals surface area contributed by atoms with Gasteiger partial charge in [-0.05, 0) is 111 Å². The van der Waals surface area contributed by atoms with Crippen molar-refractivity contribution in [2.45, 2.75) is 115 Å². The first-order valence-electron chi connectivity index (χ1n) is 18.8. The molecule has 7 rings (SSSR count). The fourth-order valence-corrected chi connectivity index (χ4v) is 9.27. The van der Waals surface area contributed by atoms with Gasteiger partial charge in [-0.15, -0.1) is 0 Å². The van der Waals surface area contributed by atoms with Crippen LogP contribution in [0.2, 0.25) is 5.02 Å². The summed E-state index contributed by atoms with van der Waals surface area (Å²) < 4.78 is 67.8. The predicted octanol–water partition coefficient (Wildman–Crippen LogP) is 5.71. The normalized spacial score (nSPS) is 23.7. The number of hydrogen-bond donors (Lipinski definition) is 4. The smallest absolute Gasteiger partial charge is 0.416 e. The first-order chi connectivity index (χ1) is 26.1. The summed E-state index contributed by atoms with van der Waals surface area (Å²) in [6.45, 7) is 8.79. The second-order valence-electron chi connectivity index (χ2n) is 16.6. The summed E-state index contributed by atoms with van der Waals surface area (Å²) in [5.74, 6) is -1.59. The van der Waals surface area contributed by atoms with Gasteiger partial charge in [-0.2, -0.15) is 13.2 Å². The van der Waals surface area contributed by atoms with Crippen molar-refractivity contribution >= 4 is 51.5 Å². The highest BCUT2D eigenvalue weighted by molar-refractivity contribution is 7.91. The van der Waals surface area contributed by atoms with Crippen molar-refractivity contribution in [3.63, 3.8) is 0 Å². The molecule has 308 valence electrons. The molecule has 2 heterocycles. The van der Waals surface area contributed by atoms with Crippen LogP contribution in [0.4, 0.5) is 18.9 Å². The number of amides is 3. The maximum atomic E-state index is 13.9. The number of rotatable bonds is 9. The molecule has 3 aliphatic carbocycles. The quantitative estimate of drug-likeness (QED) is 0.232. The van der Waals surface area contributed by atoms with Crippen LogP contribution in [-0.2, 0) is 48.5 Å². The summed E-state index contributed by atoms with van der Waals surface area (Å²) in [7, 11) is -1.70. The summed E-state index contributed by atoms with van der Waals surface area (Å²) in [5, 5.41) is 13.1. The number of fused-ring (bicyclic) bond motifs is 1. The van der Waals surface area contributed by atoms with Crippen molar-refractivity contribution in [2.75, 3.05) is 18.9 Å². The highest BCUT2D eigenvalue weighted by Gasteiger charge is 2.66. The van der Waals surface area contributed by atoms with E-state index in [0.717, 1.165) is 37.0 Å². The Hall–Kier alpha value is -3.89. The number of alkyl halides is 3. The van der Waals surface area contributed by atoms with E-state index in [2.05, 4.69) is 33.4 Å². The average Bonchev–Trinajstić information content (AvgIpc) is 4.03. The Morgan fingerprint density at radius 1 is 1.04 bits per heavy atom. The third-order valence-electron chi connectivity index (χ3n) is 11.0. The van der Waals surface area contributed by atoms with E-state index >= 15 is 0 Å². The van der Waals surface area contributed by atoms with Crippen molar-refractivity contribution in [1.82, 2.24) is 19.8 Å². The van der Waals surface area contributed by atoms with Crippen LogP contribution in [0.3, 0.4) is 0 Å².